The van der Waals surface area contributed by atoms with Gasteiger partial charge in [0.05, 0.1) is 5.41 Å². The first kappa shape index (κ1) is 19.7. The van der Waals surface area contributed by atoms with Crippen LogP contribution in [-0.4, -0.2) is 37.0 Å². The van der Waals surface area contributed by atoms with Crippen molar-refractivity contribution in [2.75, 3.05) is 13.1 Å². The van der Waals surface area contributed by atoms with Gasteiger partial charge < -0.3 is 16.0 Å². The maximum Gasteiger partial charge on any atom is 0.228 e. The van der Waals surface area contributed by atoms with Gasteiger partial charge in [-0.15, -0.1) is 0 Å². The second-order valence-corrected chi connectivity index (χ2v) is 9.16. The van der Waals surface area contributed by atoms with Crippen LogP contribution in [-0.2, 0) is 9.59 Å². The van der Waals surface area contributed by atoms with Crippen molar-refractivity contribution in [2.24, 2.45) is 17.3 Å². The number of hydrogen-bond acceptors (Lipinski definition) is 3. The smallest absolute Gasteiger partial charge is 0.228 e. The first-order valence-corrected chi connectivity index (χ1v) is 10.8. The van der Waals surface area contributed by atoms with Gasteiger partial charge in [-0.1, -0.05) is 39.5 Å². The minimum Gasteiger partial charge on any atom is -0.353 e. The predicted octanol–water partition coefficient (Wildman–Crippen LogP) is 2.75. The van der Waals surface area contributed by atoms with Crippen molar-refractivity contribution in [2.45, 2.75) is 90.1 Å². The van der Waals surface area contributed by atoms with E-state index >= 15 is 0 Å². The molecule has 0 bridgehead atoms. The highest BCUT2D eigenvalue weighted by Gasteiger charge is 2.44. The zero-order valence-electron chi connectivity index (χ0n) is 16.6. The Morgan fingerprint density at radius 3 is 2.04 bits per heavy atom. The molecule has 5 nitrogen and oxygen atoms in total. The molecule has 5 unspecified atom stereocenters. The fourth-order valence-corrected chi connectivity index (χ4v) is 5.12. The second kappa shape index (κ2) is 8.73. The van der Waals surface area contributed by atoms with Gasteiger partial charge >= 0.3 is 0 Å². The summed E-state index contributed by atoms with van der Waals surface area (Å²) in [5, 5.41) is 9.87. The molecule has 1 aliphatic heterocycles. The molecule has 148 valence electrons. The van der Waals surface area contributed by atoms with Crippen molar-refractivity contribution in [1.29, 1.82) is 0 Å². The normalized spacial score (nSPS) is 37.9. The average Bonchev–Trinajstić information content (AvgIpc) is 3.08. The number of carbonyl (C=O) groups is 2. The van der Waals surface area contributed by atoms with Gasteiger partial charge in [-0.05, 0) is 50.5 Å². The van der Waals surface area contributed by atoms with E-state index < -0.39 is 5.41 Å². The van der Waals surface area contributed by atoms with E-state index in [2.05, 4.69) is 29.8 Å². The second-order valence-electron chi connectivity index (χ2n) is 9.16. The quantitative estimate of drug-likeness (QED) is 0.703. The molecule has 5 heteroatoms. The first-order valence-electron chi connectivity index (χ1n) is 10.8. The van der Waals surface area contributed by atoms with Crippen molar-refractivity contribution < 1.29 is 9.59 Å². The summed E-state index contributed by atoms with van der Waals surface area (Å²) < 4.78 is 0. The van der Waals surface area contributed by atoms with Crippen LogP contribution in [0.25, 0.3) is 0 Å². The number of hydrogen-bond donors (Lipinski definition) is 3. The molecule has 2 amide bonds. The lowest BCUT2D eigenvalue weighted by molar-refractivity contribution is -0.137. The fraction of sp³-hybridized carbons (Fsp3) is 0.905. The molecule has 0 spiro atoms. The monoisotopic (exact) mass is 363 g/mol. The third-order valence-electron chi connectivity index (χ3n) is 7.11. The van der Waals surface area contributed by atoms with Gasteiger partial charge in [0.15, 0.2) is 0 Å². The van der Waals surface area contributed by atoms with Crippen LogP contribution in [0.15, 0.2) is 0 Å². The molecule has 0 aromatic heterocycles. The summed E-state index contributed by atoms with van der Waals surface area (Å²) in [5.41, 5.74) is -0.570. The predicted molar refractivity (Wildman–Crippen MR) is 104 cm³/mol. The molecule has 0 aromatic carbocycles. The highest BCUT2D eigenvalue weighted by atomic mass is 16.2. The van der Waals surface area contributed by atoms with Crippen molar-refractivity contribution in [3.05, 3.63) is 0 Å². The van der Waals surface area contributed by atoms with E-state index in [1.165, 1.54) is 38.5 Å². The summed E-state index contributed by atoms with van der Waals surface area (Å²) >= 11 is 0. The molecule has 0 aromatic rings. The van der Waals surface area contributed by atoms with Crippen LogP contribution < -0.4 is 16.0 Å². The summed E-state index contributed by atoms with van der Waals surface area (Å²) in [7, 11) is 0. The first-order chi connectivity index (χ1) is 12.5. The van der Waals surface area contributed by atoms with Crippen LogP contribution in [0.5, 0.6) is 0 Å². The molecule has 1 saturated heterocycles. The minimum atomic E-state index is -0.570. The van der Waals surface area contributed by atoms with Crippen LogP contribution in [0.4, 0.5) is 0 Å². The van der Waals surface area contributed by atoms with E-state index in [0.717, 1.165) is 25.8 Å². The third kappa shape index (κ3) is 4.59. The largest absolute Gasteiger partial charge is 0.353 e. The highest BCUT2D eigenvalue weighted by molar-refractivity contribution is 5.89. The molecule has 26 heavy (non-hydrogen) atoms. The molecular weight excluding hydrogens is 326 g/mol. The molecule has 3 fully saturated rings. The summed E-state index contributed by atoms with van der Waals surface area (Å²) in [4.78, 5) is 25.9. The van der Waals surface area contributed by atoms with E-state index in [1.54, 1.807) is 0 Å². The third-order valence-corrected chi connectivity index (χ3v) is 7.11. The molecule has 3 aliphatic rings. The van der Waals surface area contributed by atoms with Crippen molar-refractivity contribution in [1.82, 2.24) is 16.0 Å². The summed E-state index contributed by atoms with van der Waals surface area (Å²) in [6.45, 7) is 5.91. The molecule has 5 atom stereocenters. The van der Waals surface area contributed by atoms with Gasteiger partial charge in [0.2, 0.25) is 11.8 Å². The van der Waals surface area contributed by atoms with E-state index in [9.17, 15) is 9.59 Å². The Morgan fingerprint density at radius 2 is 1.50 bits per heavy atom. The van der Waals surface area contributed by atoms with E-state index in [0.29, 0.717) is 24.8 Å². The Balaban J connectivity index is 1.59. The lowest BCUT2D eigenvalue weighted by Gasteiger charge is -2.35. The van der Waals surface area contributed by atoms with Gasteiger partial charge in [-0.25, -0.2) is 0 Å². The van der Waals surface area contributed by atoms with Gasteiger partial charge in [-0.3, -0.25) is 9.59 Å². The van der Waals surface area contributed by atoms with Gasteiger partial charge in [0.1, 0.15) is 0 Å². The summed E-state index contributed by atoms with van der Waals surface area (Å²) in [6.07, 6.45) is 10.5. The Hall–Kier alpha value is -1.10. The van der Waals surface area contributed by atoms with E-state index in [1.807, 2.05) is 0 Å². The molecule has 2 aliphatic carbocycles. The van der Waals surface area contributed by atoms with Gasteiger partial charge in [-0.2, -0.15) is 0 Å². The van der Waals surface area contributed by atoms with Crippen LogP contribution in [0.1, 0.15) is 78.1 Å². The van der Waals surface area contributed by atoms with Crippen molar-refractivity contribution >= 4 is 11.8 Å². The Bertz CT molecular complexity index is 501. The number of amides is 2. The van der Waals surface area contributed by atoms with Crippen LogP contribution in [0, 0.1) is 17.3 Å². The molecule has 0 radical (unpaired) electrons. The lowest BCUT2D eigenvalue weighted by Crippen LogP contribution is -2.52. The summed E-state index contributed by atoms with van der Waals surface area (Å²) in [5.74, 6) is 1.23. The van der Waals surface area contributed by atoms with Crippen LogP contribution in [0.3, 0.4) is 0 Å². The average molecular weight is 364 g/mol. The lowest BCUT2D eigenvalue weighted by atomic mass is 9.79. The topological polar surface area (TPSA) is 70.2 Å². The minimum absolute atomic E-state index is 0.0549. The van der Waals surface area contributed by atoms with E-state index in [4.69, 9.17) is 0 Å². The Labute approximate surface area is 158 Å². The SMILES string of the molecule is CC1CCCCC1NC(=O)CC1(C(=O)NC2CCCCC2C)CCNC1. The van der Waals surface area contributed by atoms with Crippen molar-refractivity contribution in [3.8, 4) is 0 Å². The molecule has 3 rings (SSSR count). The molecule has 1 heterocycles. The maximum absolute atomic E-state index is 13.1. The number of rotatable bonds is 5. The molecule has 2 saturated carbocycles. The Kier molecular flexibility index (Phi) is 6.60. The van der Waals surface area contributed by atoms with Crippen molar-refractivity contribution in [3.63, 3.8) is 0 Å². The van der Waals surface area contributed by atoms with Crippen LogP contribution in [0.2, 0.25) is 0 Å². The zero-order valence-corrected chi connectivity index (χ0v) is 16.6. The highest BCUT2D eigenvalue weighted by Crippen LogP contribution is 2.32. The van der Waals surface area contributed by atoms with Gasteiger partial charge in [0, 0.05) is 25.0 Å². The van der Waals surface area contributed by atoms with E-state index in [-0.39, 0.29) is 23.9 Å². The summed E-state index contributed by atoms with van der Waals surface area (Å²) in [6, 6.07) is 0.555. The Morgan fingerprint density at radius 1 is 0.923 bits per heavy atom. The molecular formula is C21H37N3O2. The number of nitrogens with one attached hydrogen (secondary N) is 3. The van der Waals surface area contributed by atoms with Crippen LogP contribution >= 0.6 is 0 Å². The molecule has 3 N–H and O–H groups in total. The standard InChI is InChI=1S/C21H37N3O2/c1-15-7-3-5-9-17(15)23-19(25)13-21(11-12-22-14-21)20(26)24-18-10-6-4-8-16(18)2/h15-18,22H,3-14H2,1-2H3,(H,23,25)(H,24,26). The fourth-order valence-electron chi connectivity index (χ4n) is 5.12. The number of carbonyl (C=O) groups excluding carboxylic acids is 2. The van der Waals surface area contributed by atoms with Gasteiger partial charge in [0.25, 0.3) is 0 Å². The zero-order chi connectivity index (χ0) is 18.6. The maximum atomic E-state index is 13.1.